The highest BCUT2D eigenvalue weighted by molar-refractivity contribution is 6.00. The van der Waals surface area contributed by atoms with Gasteiger partial charge in [0, 0.05) is 24.1 Å². The normalized spacial score (nSPS) is 23.3. The summed E-state index contributed by atoms with van der Waals surface area (Å²) in [6.45, 7) is 0.884. The number of nitrogens with two attached hydrogens (primary N) is 2. The van der Waals surface area contributed by atoms with Crippen LogP contribution in [0, 0.1) is 5.92 Å². The molecule has 1 saturated carbocycles. The third-order valence-corrected chi connectivity index (χ3v) is 7.93. The molecule has 39 heavy (non-hydrogen) atoms. The molecule has 1 saturated heterocycles. The largest absolute Gasteiger partial charge is 0.369 e. The van der Waals surface area contributed by atoms with Crippen LogP contribution in [0.2, 0.25) is 0 Å². The van der Waals surface area contributed by atoms with Crippen LogP contribution in [0.15, 0.2) is 60.7 Å². The predicted molar refractivity (Wildman–Crippen MR) is 148 cm³/mol. The fourth-order valence-electron chi connectivity index (χ4n) is 5.72. The molecule has 9 heteroatoms. The van der Waals surface area contributed by atoms with E-state index < -0.39 is 23.9 Å². The van der Waals surface area contributed by atoms with Crippen molar-refractivity contribution in [3.63, 3.8) is 0 Å². The number of amides is 4. The second-order valence-electron chi connectivity index (χ2n) is 10.5. The minimum absolute atomic E-state index is 0.191. The summed E-state index contributed by atoms with van der Waals surface area (Å²) < 4.78 is 0. The lowest BCUT2D eigenvalue weighted by molar-refractivity contribution is -0.136. The van der Waals surface area contributed by atoms with Gasteiger partial charge < -0.3 is 27.0 Å². The molecule has 208 valence electrons. The molecule has 1 heterocycles. The first-order chi connectivity index (χ1) is 18.9. The van der Waals surface area contributed by atoms with Gasteiger partial charge in [-0.1, -0.05) is 61.4 Å². The highest BCUT2D eigenvalue weighted by atomic mass is 16.2. The Morgan fingerprint density at radius 3 is 2.26 bits per heavy atom. The van der Waals surface area contributed by atoms with E-state index in [1.54, 1.807) is 29.2 Å². The van der Waals surface area contributed by atoms with Crippen molar-refractivity contribution in [2.75, 3.05) is 13.1 Å². The van der Waals surface area contributed by atoms with Gasteiger partial charge in [0.1, 0.15) is 12.1 Å². The van der Waals surface area contributed by atoms with Crippen LogP contribution in [0.3, 0.4) is 0 Å². The highest BCUT2D eigenvalue weighted by Gasteiger charge is 2.48. The summed E-state index contributed by atoms with van der Waals surface area (Å²) in [5.74, 6) is -1.96. The number of nitrogens with one attached hydrogen (secondary N) is 2. The van der Waals surface area contributed by atoms with Crippen molar-refractivity contribution < 1.29 is 19.2 Å². The van der Waals surface area contributed by atoms with E-state index in [9.17, 15) is 19.2 Å². The van der Waals surface area contributed by atoms with Crippen LogP contribution in [-0.2, 0) is 14.4 Å². The monoisotopic (exact) mass is 533 g/mol. The molecular formula is C30H39N5O4. The van der Waals surface area contributed by atoms with Crippen molar-refractivity contribution in [2.24, 2.45) is 17.4 Å². The number of nitrogens with zero attached hydrogens (tertiary/aromatic N) is 1. The lowest BCUT2D eigenvalue weighted by Crippen LogP contribution is -2.65. The van der Waals surface area contributed by atoms with Crippen LogP contribution < -0.4 is 22.1 Å². The average molecular weight is 534 g/mol. The molecular weight excluding hydrogens is 494 g/mol. The first-order valence-electron chi connectivity index (χ1n) is 13.9. The number of likely N-dealkylation sites (tertiary alicyclic amines) is 1. The van der Waals surface area contributed by atoms with Crippen molar-refractivity contribution in [3.8, 4) is 0 Å². The Hall–Kier alpha value is -3.72. The maximum Gasteiger partial charge on any atom is 0.254 e. The van der Waals surface area contributed by atoms with E-state index in [4.69, 9.17) is 11.5 Å². The molecule has 6 N–H and O–H groups in total. The van der Waals surface area contributed by atoms with E-state index in [0.29, 0.717) is 50.8 Å². The Kier molecular flexibility index (Phi) is 9.70. The Morgan fingerprint density at radius 1 is 0.923 bits per heavy atom. The second-order valence-corrected chi connectivity index (χ2v) is 10.5. The molecule has 1 aliphatic heterocycles. The first-order valence-corrected chi connectivity index (χ1v) is 13.9. The van der Waals surface area contributed by atoms with E-state index in [2.05, 4.69) is 10.6 Å². The van der Waals surface area contributed by atoms with Gasteiger partial charge in [0.15, 0.2) is 0 Å². The Bertz CT molecular complexity index is 1140. The van der Waals surface area contributed by atoms with Gasteiger partial charge in [-0.25, -0.2) is 0 Å². The summed E-state index contributed by atoms with van der Waals surface area (Å²) in [5, 5.41) is 5.94. The lowest BCUT2D eigenvalue weighted by atomic mass is 9.81. The van der Waals surface area contributed by atoms with E-state index in [1.807, 2.05) is 36.4 Å². The van der Waals surface area contributed by atoms with Gasteiger partial charge >= 0.3 is 0 Å². The average Bonchev–Trinajstić information content (AvgIpc) is 2.93. The van der Waals surface area contributed by atoms with Gasteiger partial charge in [-0.05, 0) is 56.3 Å². The zero-order valence-corrected chi connectivity index (χ0v) is 22.3. The first kappa shape index (κ1) is 28.3. The zero-order valence-electron chi connectivity index (χ0n) is 22.3. The molecule has 0 aromatic heterocycles. The Labute approximate surface area is 229 Å². The molecule has 1 aliphatic carbocycles. The number of hydrogen-bond donors (Lipinski definition) is 4. The van der Waals surface area contributed by atoms with E-state index in [1.165, 1.54) is 0 Å². The van der Waals surface area contributed by atoms with E-state index in [-0.39, 0.29) is 29.7 Å². The van der Waals surface area contributed by atoms with Gasteiger partial charge in [-0.15, -0.1) is 0 Å². The molecule has 2 aromatic rings. The molecule has 9 nitrogen and oxygen atoms in total. The smallest absolute Gasteiger partial charge is 0.254 e. The summed E-state index contributed by atoms with van der Waals surface area (Å²) in [5.41, 5.74) is 12.8. The van der Waals surface area contributed by atoms with Crippen molar-refractivity contribution >= 4 is 23.6 Å². The number of carbonyl (C=O) groups is 4. The van der Waals surface area contributed by atoms with Gasteiger partial charge in [0.25, 0.3) is 5.91 Å². The molecule has 0 spiro atoms. The van der Waals surface area contributed by atoms with Crippen LogP contribution in [-0.4, -0.2) is 59.7 Å². The summed E-state index contributed by atoms with van der Waals surface area (Å²) in [6.07, 6.45) is 4.86. The molecule has 0 radical (unpaired) electrons. The van der Waals surface area contributed by atoms with Crippen LogP contribution in [0.25, 0.3) is 0 Å². The minimum Gasteiger partial charge on any atom is -0.369 e. The summed E-state index contributed by atoms with van der Waals surface area (Å²) >= 11 is 0. The number of rotatable bonds is 11. The standard InChI is InChI=1S/C30H39N5O4/c31-18-10-9-17-25(28(37)33-24-16-8-7-15-22(24)27(32)36)34-29(38)26-23(20-11-3-1-4-12-20)19-35(26)30(39)21-13-5-2-6-14-21/h1-6,11-14,22-26H,7-10,15-19,31H2,(H2,32,36)(H,33,37)(H,34,38)/t22-,23-,24-,25+,26+/m1/s1. The molecule has 0 bridgehead atoms. The number of unbranched alkanes of at least 4 members (excludes halogenated alkanes) is 1. The highest BCUT2D eigenvalue weighted by Crippen LogP contribution is 2.36. The molecule has 2 aliphatic rings. The quantitative estimate of drug-likeness (QED) is 0.327. The van der Waals surface area contributed by atoms with Gasteiger partial charge in [-0.2, -0.15) is 0 Å². The molecule has 5 atom stereocenters. The SMILES string of the molecule is NCCCC[C@H](NC(=O)[C@@H]1[C@@H](c2ccccc2)CN1C(=O)c1ccccc1)C(=O)N[C@@H]1CCCC[C@H]1C(N)=O. The van der Waals surface area contributed by atoms with E-state index in [0.717, 1.165) is 18.4 Å². The van der Waals surface area contributed by atoms with Crippen LogP contribution in [0.1, 0.15) is 66.8 Å². The molecule has 2 fully saturated rings. The van der Waals surface area contributed by atoms with Crippen LogP contribution >= 0.6 is 0 Å². The number of primary amides is 1. The summed E-state index contributed by atoms with van der Waals surface area (Å²) in [7, 11) is 0. The third-order valence-electron chi connectivity index (χ3n) is 7.93. The zero-order chi connectivity index (χ0) is 27.8. The summed E-state index contributed by atoms with van der Waals surface area (Å²) in [6, 6.07) is 16.6. The summed E-state index contributed by atoms with van der Waals surface area (Å²) in [4.78, 5) is 54.1. The number of benzene rings is 2. The van der Waals surface area contributed by atoms with Gasteiger partial charge in [-0.3, -0.25) is 19.2 Å². The predicted octanol–water partition coefficient (Wildman–Crippen LogP) is 2.07. The van der Waals surface area contributed by atoms with Gasteiger partial charge in [0.05, 0.1) is 5.92 Å². The molecule has 0 unspecified atom stereocenters. The van der Waals surface area contributed by atoms with Crippen molar-refractivity contribution in [3.05, 3.63) is 71.8 Å². The Morgan fingerprint density at radius 2 is 1.59 bits per heavy atom. The van der Waals surface area contributed by atoms with Crippen LogP contribution in [0.5, 0.6) is 0 Å². The number of hydrogen-bond acceptors (Lipinski definition) is 5. The Balaban J connectivity index is 1.53. The maximum absolute atomic E-state index is 13.8. The molecule has 2 aromatic carbocycles. The van der Waals surface area contributed by atoms with Crippen molar-refractivity contribution in [1.29, 1.82) is 0 Å². The lowest BCUT2D eigenvalue weighted by Gasteiger charge is -2.47. The maximum atomic E-state index is 13.8. The third kappa shape index (κ3) is 6.84. The second kappa shape index (κ2) is 13.4. The fourth-order valence-corrected chi connectivity index (χ4v) is 5.72. The van der Waals surface area contributed by atoms with Crippen molar-refractivity contribution in [2.45, 2.75) is 69.0 Å². The van der Waals surface area contributed by atoms with E-state index >= 15 is 0 Å². The number of carbonyl (C=O) groups excluding carboxylic acids is 4. The fraction of sp³-hybridized carbons (Fsp3) is 0.467. The van der Waals surface area contributed by atoms with Crippen molar-refractivity contribution in [1.82, 2.24) is 15.5 Å². The van der Waals surface area contributed by atoms with Crippen LogP contribution in [0.4, 0.5) is 0 Å². The minimum atomic E-state index is -0.815. The molecule has 4 rings (SSSR count). The topological polar surface area (TPSA) is 148 Å². The molecule has 4 amide bonds. The van der Waals surface area contributed by atoms with Gasteiger partial charge in [0.2, 0.25) is 17.7 Å².